The lowest BCUT2D eigenvalue weighted by Gasteiger charge is -2.06. The van der Waals surface area contributed by atoms with Crippen molar-refractivity contribution >= 4 is 68.1 Å². The molecule has 24 heavy (non-hydrogen) atoms. The molecule has 0 saturated heterocycles. The minimum atomic E-state index is -0.233. The van der Waals surface area contributed by atoms with Gasteiger partial charge in [-0.25, -0.2) is 4.98 Å². The van der Waals surface area contributed by atoms with Crippen LogP contribution in [0.4, 0.5) is 5.69 Å². The van der Waals surface area contributed by atoms with Crippen molar-refractivity contribution in [3.05, 3.63) is 49.5 Å². The number of hydrogen-bond donors (Lipinski definition) is 2. The first-order chi connectivity index (χ1) is 11.4. The number of H-pyrrole nitrogens is 1. The Balaban J connectivity index is 1.67. The summed E-state index contributed by atoms with van der Waals surface area (Å²) >= 11 is 14.4. The Hall–Kier alpha value is -1.54. The minimum Gasteiger partial charge on any atom is -0.325 e. The van der Waals surface area contributed by atoms with Crippen LogP contribution in [-0.4, -0.2) is 21.6 Å². The zero-order valence-electron chi connectivity index (χ0n) is 12.4. The number of aryl methyl sites for hydroxylation is 1. The average molecular weight is 400 g/mol. The highest BCUT2D eigenvalue weighted by molar-refractivity contribution is 7.99. The number of fused-ring (bicyclic) bond motifs is 1. The molecular formula is C15H11Cl2N3O2S2. The van der Waals surface area contributed by atoms with Crippen molar-refractivity contribution < 1.29 is 4.79 Å². The predicted molar refractivity (Wildman–Crippen MR) is 101 cm³/mol. The van der Waals surface area contributed by atoms with Crippen LogP contribution in [0.15, 0.2) is 34.2 Å². The Kier molecular flexibility index (Phi) is 5.15. The first-order valence-corrected chi connectivity index (χ1v) is 9.36. The van der Waals surface area contributed by atoms with Gasteiger partial charge >= 0.3 is 0 Å². The minimum absolute atomic E-state index is 0.110. The lowest BCUT2D eigenvalue weighted by atomic mass is 10.3. The molecule has 9 heteroatoms. The number of benzene rings is 1. The smallest absolute Gasteiger partial charge is 0.260 e. The second-order valence-electron chi connectivity index (χ2n) is 4.91. The van der Waals surface area contributed by atoms with Gasteiger partial charge in [-0.1, -0.05) is 35.0 Å². The molecule has 0 aliphatic carbocycles. The number of halogens is 2. The Bertz CT molecular complexity index is 984. The Morgan fingerprint density at radius 3 is 2.88 bits per heavy atom. The van der Waals surface area contributed by atoms with Crippen LogP contribution < -0.4 is 10.9 Å². The van der Waals surface area contributed by atoms with Gasteiger partial charge in [0, 0.05) is 10.6 Å². The predicted octanol–water partition coefficient (Wildman–Crippen LogP) is 4.33. The molecule has 3 rings (SSSR count). The third-order valence-corrected chi connectivity index (χ3v) is 5.60. The molecule has 0 atom stereocenters. The first-order valence-electron chi connectivity index (χ1n) is 6.80. The summed E-state index contributed by atoms with van der Waals surface area (Å²) in [7, 11) is 0. The van der Waals surface area contributed by atoms with E-state index in [1.54, 1.807) is 24.3 Å². The summed E-state index contributed by atoms with van der Waals surface area (Å²) in [6, 6.07) is 6.65. The number of carbonyl (C=O) groups excluding carboxylic acids is 1. The monoisotopic (exact) mass is 399 g/mol. The number of hydrogen-bond acceptors (Lipinski definition) is 5. The molecule has 0 radical (unpaired) electrons. The SMILES string of the molecule is Cc1cc2c(=O)[nH]c(SCC(=O)Nc3ccc(Cl)c(Cl)c3)nc2s1. The number of thiophene rings is 1. The Morgan fingerprint density at radius 1 is 1.33 bits per heavy atom. The molecule has 0 saturated carbocycles. The summed E-state index contributed by atoms with van der Waals surface area (Å²) in [5.74, 6) is -0.123. The maximum atomic E-state index is 12.0. The highest BCUT2D eigenvalue weighted by Gasteiger charge is 2.10. The normalized spacial score (nSPS) is 11.0. The highest BCUT2D eigenvalue weighted by Crippen LogP contribution is 2.25. The largest absolute Gasteiger partial charge is 0.325 e. The molecule has 0 bridgehead atoms. The molecule has 2 aromatic heterocycles. The first kappa shape index (κ1) is 17.3. The maximum absolute atomic E-state index is 12.0. The van der Waals surface area contributed by atoms with E-state index in [0.717, 1.165) is 16.6 Å². The fraction of sp³-hybridized carbons (Fsp3) is 0.133. The van der Waals surface area contributed by atoms with Gasteiger partial charge in [0.1, 0.15) is 4.83 Å². The van der Waals surface area contributed by atoms with Crippen LogP contribution in [0.1, 0.15) is 4.88 Å². The summed E-state index contributed by atoms with van der Waals surface area (Å²) in [6.07, 6.45) is 0. The van der Waals surface area contributed by atoms with E-state index < -0.39 is 0 Å². The van der Waals surface area contributed by atoms with Crippen molar-refractivity contribution in [1.29, 1.82) is 0 Å². The number of aromatic nitrogens is 2. The van der Waals surface area contributed by atoms with Crippen molar-refractivity contribution in [2.24, 2.45) is 0 Å². The highest BCUT2D eigenvalue weighted by atomic mass is 35.5. The standard InChI is InChI=1S/C15H11Cl2N3O2S2/c1-7-4-9-13(22)19-15(20-14(9)24-7)23-6-12(21)18-8-2-3-10(16)11(17)5-8/h2-5H,6H2,1H3,(H,18,21)(H,19,20,22). The van der Waals surface area contributed by atoms with Crippen LogP contribution in [0.25, 0.3) is 10.2 Å². The summed E-state index contributed by atoms with van der Waals surface area (Å²) in [5, 5.41) is 4.49. The van der Waals surface area contributed by atoms with Gasteiger partial charge < -0.3 is 10.3 Å². The number of thioether (sulfide) groups is 1. The van der Waals surface area contributed by atoms with Crippen LogP contribution >= 0.6 is 46.3 Å². The molecule has 0 fully saturated rings. The van der Waals surface area contributed by atoms with Crippen LogP contribution in [0.5, 0.6) is 0 Å². The molecule has 0 aliphatic heterocycles. The van der Waals surface area contributed by atoms with Crippen LogP contribution in [0.2, 0.25) is 10.0 Å². The van der Waals surface area contributed by atoms with E-state index in [1.165, 1.54) is 11.3 Å². The number of rotatable bonds is 4. The van der Waals surface area contributed by atoms with Gasteiger partial charge in [-0.05, 0) is 31.2 Å². The molecule has 2 heterocycles. The number of nitrogens with one attached hydrogen (secondary N) is 2. The molecule has 3 aromatic rings. The fourth-order valence-corrected chi connectivity index (χ4v) is 3.90. The van der Waals surface area contributed by atoms with Gasteiger partial charge in [0.25, 0.3) is 5.56 Å². The second-order valence-corrected chi connectivity index (χ2v) is 7.93. The van der Waals surface area contributed by atoms with Crippen molar-refractivity contribution in [2.45, 2.75) is 12.1 Å². The zero-order valence-corrected chi connectivity index (χ0v) is 15.5. The van der Waals surface area contributed by atoms with Crippen molar-refractivity contribution in [3.63, 3.8) is 0 Å². The summed E-state index contributed by atoms with van der Waals surface area (Å²) in [4.78, 5) is 32.7. The third-order valence-electron chi connectivity index (χ3n) is 3.05. The van der Waals surface area contributed by atoms with Gasteiger partial charge in [-0.15, -0.1) is 11.3 Å². The molecule has 5 nitrogen and oxygen atoms in total. The van der Waals surface area contributed by atoms with Gasteiger partial charge in [0.2, 0.25) is 5.91 Å². The van der Waals surface area contributed by atoms with Gasteiger partial charge in [0.05, 0.1) is 21.2 Å². The van der Waals surface area contributed by atoms with Crippen molar-refractivity contribution in [2.75, 3.05) is 11.1 Å². The van der Waals surface area contributed by atoms with E-state index in [4.69, 9.17) is 23.2 Å². The van der Waals surface area contributed by atoms with Crippen LogP contribution in [0.3, 0.4) is 0 Å². The summed E-state index contributed by atoms with van der Waals surface area (Å²) in [6.45, 7) is 1.92. The molecule has 1 amide bonds. The Morgan fingerprint density at radius 2 is 2.12 bits per heavy atom. The van der Waals surface area contributed by atoms with Crippen LogP contribution in [0, 0.1) is 6.92 Å². The topological polar surface area (TPSA) is 74.8 Å². The number of carbonyl (C=O) groups is 1. The number of anilines is 1. The third kappa shape index (κ3) is 3.92. The van der Waals surface area contributed by atoms with Gasteiger partial charge in [-0.3, -0.25) is 9.59 Å². The maximum Gasteiger partial charge on any atom is 0.260 e. The number of amides is 1. The molecule has 2 N–H and O–H groups in total. The number of nitrogens with zero attached hydrogens (tertiary/aromatic N) is 1. The summed E-state index contributed by atoms with van der Waals surface area (Å²) < 4.78 is 0. The van der Waals surface area contributed by atoms with Gasteiger partial charge in [0.15, 0.2) is 5.16 Å². The summed E-state index contributed by atoms with van der Waals surface area (Å²) in [5.41, 5.74) is 0.359. The van der Waals surface area contributed by atoms with Gasteiger partial charge in [-0.2, -0.15) is 0 Å². The molecule has 124 valence electrons. The van der Waals surface area contributed by atoms with Crippen molar-refractivity contribution in [1.82, 2.24) is 9.97 Å². The van der Waals surface area contributed by atoms with E-state index in [2.05, 4.69) is 15.3 Å². The zero-order chi connectivity index (χ0) is 17.3. The molecule has 0 spiro atoms. The lowest BCUT2D eigenvalue weighted by molar-refractivity contribution is -0.113. The van der Waals surface area contributed by atoms with E-state index >= 15 is 0 Å². The van der Waals surface area contributed by atoms with E-state index in [1.807, 2.05) is 6.92 Å². The average Bonchev–Trinajstić information content (AvgIpc) is 2.90. The second kappa shape index (κ2) is 7.14. The molecular weight excluding hydrogens is 389 g/mol. The number of aromatic amines is 1. The van der Waals surface area contributed by atoms with Crippen molar-refractivity contribution in [3.8, 4) is 0 Å². The quantitative estimate of drug-likeness (QED) is 0.505. The molecule has 0 unspecified atom stereocenters. The lowest BCUT2D eigenvalue weighted by Crippen LogP contribution is -2.15. The molecule has 1 aromatic carbocycles. The van der Waals surface area contributed by atoms with Crippen LogP contribution in [-0.2, 0) is 4.79 Å². The van der Waals surface area contributed by atoms with E-state index in [9.17, 15) is 9.59 Å². The molecule has 0 aliphatic rings. The van der Waals surface area contributed by atoms with E-state index in [-0.39, 0.29) is 17.2 Å². The van der Waals surface area contributed by atoms with E-state index in [0.29, 0.717) is 31.1 Å². The Labute approximate surface area is 155 Å². The fourth-order valence-electron chi connectivity index (χ4n) is 2.01.